The Morgan fingerprint density at radius 2 is 2.22 bits per heavy atom. The number of hydrogen-bond donors (Lipinski definition) is 2. The van der Waals surface area contributed by atoms with E-state index in [9.17, 15) is 4.79 Å². The Kier molecular flexibility index (Phi) is 7.16. The van der Waals surface area contributed by atoms with Crippen LogP contribution in [-0.2, 0) is 4.79 Å². The first-order valence-electron chi connectivity index (χ1n) is 5.92. The quantitative estimate of drug-likeness (QED) is 0.601. The fraction of sp³-hybridized carbons (Fsp3) is 0.357. The average Bonchev–Trinajstić information content (AvgIpc) is 2.33. The molecular formula is C14H17BrN2O. The summed E-state index contributed by atoms with van der Waals surface area (Å²) in [5.41, 5.74) is 0.795. The average molecular weight is 309 g/mol. The second-order valence-electron chi connectivity index (χ2n) is 3.90. The molecule has 1 amide bonds. The van der Waals surface area contributed by atoms with Gasteiger partial charge in [0.1, 0.15) is 0 Å². The largest absolute Gasteiger partial charge is 0.325 e. The highest BCUT2D eigenvalue weighted by Gasteiger charge is 2.01. The molecule has 3 nitrogen and oxygen atoms in total. The highest BCUT2D eigenvalue weighted by Crippen LogP contribution is 2.15. The second kappa shape index (κ2) is 8.73. The molecule has 0 saturated carbocycles. The predicted octanol–water partition coefficient (Wildman–Crippen LogP) is 2.78. The summed E-state index contributed by atoms with van der Waals surface area (Å²) in [5, 5.41) is 5.91. The second-order valence-corrected chi connectivity index (χ2v) is 4.81. The Hall–Kier alpha value is -1.31. The molecule has 0 aliphatic carbocycles. The molecule has 96 valence electrons. The maximum Gasteiger partial charge on any atom is 0.238 e. The molecule has 18 heavy (non-hydrogen) atoms. The Bertz CT molecular complexity index is 426. The highest BCUT2D eigenvalue weighted by atomic mass is 79.9. The van der Waals surface area contributed by atoms with Gasteiger partial charge < -0.3 is 10.6 Å². The SMILES string of the molecule is C#CCCCCNCC(=O)Nc1cccc(Br)c1. The van der Waals surface area contributed by atoms with Crippen LogP contribution in [0.25, 0.3) is 0 Å². The minimum absolute atomic E-state index is 0.0370. The van der Waals surface area contributed by atoms with Crippen molar-refractivity contribution < 1.29 is 4.79 Å². The van der Waals surface area contributed by atoms with E-state index in [-0.39, 0.29) is 5.91 Å². The van der Waals surface area contributed by atoms with Crippen molar-refractivity contribution in [3.8, 4) is 12.3 Å². The van der Waals surface area contributed by atoms with Crippen LogP contribution in [0.15, 0.2) is 28.7 Å². The van der Waals surface area contributed by atoms with Gasteiger partial charge in [-0.25, -0.2) is 0 Å². The van der Waals surface area contributed by atoms with Crippen molar-refractivity contribution in [1.29, 1.82) is 0 Å². The fourth-order valence-electron chi connectivity index (χ4n) is 1.45. The van der Waals surface area contributed by atoms with Crippen molar-refractivity contribution >= 4 is 27.5 Å². The fourth-order valence-corrected chi connectivity index (χ4v) is 1.85. The molecule has 0 spiro atoms. The maximum atomic E-state index is 11.6. The molecular weight excluding hydrogens is 292 g/mol. The lowest BCUT2D eigenvalue weighted by Crippen LogP contribution is -2.28. The molecule has 2 N–H and O–H groups in total. The zero-order valence-electron chi connectivity index (χ0n) is 10.2. The van der Waals surface area contributed by atoms with Crippen molar-refractivity contribution in [2.45, 2.75) is 19.3 Å². The normalized spacial score (nSPS) is 9.78. The summed E-state index contributed by atoms with van der Waals surface area (Å²) < 4.78 is 0.947. The molecule has 1 rings (SSSR count). The molecule has 0 bridgehead atoms. The molecule has 0 unspecified atom stereocenters. The van der Waals surface area contributed by atoms with Crippen LogP contribution in [-0.4, -0.2) is 19.0 Å². The molecule has 0 atom stereocenters. The van der Waals surface area contributed by atoms with Gasteiger partial charge in [0.2, 0.25) is 5.91 Å². The van der Waals surface area contributed by atoms with E-state index in [1.807, 2.05) is 24.3 Å². The number of nitrogens with one attached hydrogen (secondary N) is 2. The van der Waals surface area contributed by atoms with Crippen LogP contribution in [0, 0.1) is 12.3 Å². The van der Waals surface area contributed by atoms with Crippen LogP contribution in [0.5, 0.6) is 0 Å². The summed E-state index contributed by atoms with van der Waals surface area (Å²) in [5.74, 6) is 2.56. The van der Waals surface area contributed by atoms with E-state index < -0.39 is 0 Å². The lowest BCUT2D eigenvalue weighted by Gasteiger charge is -2.06. The summed E-state index contributed by atoms with van der Waals surface area (Å²) in [6.07, 6.45) is 7.94. The third-order valence-electron chi connectivity index (χ3n) is 2.32. The number of rotatable bonds is 7. The number of terminal acetylenes is 1. The number of anilines is 1. The Morgan fingerprint density at radius 3 is 2.94 bits per heavy atom. The maximum absolute atomic E-state index is 11.6. The van der Waals surface area contributed by atoms with Crippen LogP contribution in [0.4, 0.5) is 5.69 Å². The number of benzene rings is 1. The molecule has 0 aromatic heterocycles. The molecule has 0 saturated heterocycles. The number of hydrogen-bond acceptors (Lipinski definition) is 2. The molecule has 1 aromatic rings. The molecule has 1 aromatic carbocycles. The van der Waals surface area contributed by atoms with Crippen LogP contribution in [0.2, 0.25) is 0 Å². The number of carbonyl (C=O) groups excluding carboxylic acids is 1. The van der Waals surface area contributed by atoms with Crippen molar-refractivity contribution in [3.63, 3.8) is 0 Å². The molecule has 0 fully saturated rings. The third-order valence-corrected chi connectivity index (χ3v) is 2.81. The predicted molar refractivity (Wildman–Crippen MR) is 78.3 cm³/mol. The summed E-state index contributed by atoms with van der Waals surface area (Å²) in [6.45, 7) is 1.14. The van der Waals surface area contributed by atoms with Crippen molar-refractivity contribution in [2.24, 2.45) is 0 Å². The smallest absolute Gasteiger partial charge is 0.238 e. The molecule has 0 radical (unpaired) electrons. The van der Waals surface area contributed by atoms with Gasteiger partial charge in [0.15, 0.2) is 0 Å². The summed E-state index contributed by atoms with van der Waals surface area (Å²) in [4.78, 5) is 11.6. The number of halogens is 1. The lowest BCUT2D eigenvalue weighted by atomic mass is 10.2. The van der Waals surface area contributed by atoms with Crippen molar-refractivity contribution in [3.05, 3.63) is 28.7 Å². The molecule has 4 heteroatoms. The van der Waals surface area contributed by atoms with Crippen molar-refractivity contribution in [2.75, 3.05) is 18.4 Å². The Morgan fingerprint density at radius 1 is 1.39 bits per heavy atom. The van der Waals surface area contributed by atoms with E-state index in [0.717, 1.165) is 36.0 Å². The highest BCUT2D eigenvalue weighted by molar-refractivity contribution is 9.10. The first kappa shape index (κ1) is 14.7. The number of amides is 1. The number of unbranched alkanes of at least 4 members (excludes halogenated alkanes) is 2. The Balaban J connectivity index is 2.16. The standard InChI is InChI=1S/C14H17BrN2O/c1-2-3-4-5-9-16-11-14(18)17-13-8-6-7-12(15)10-13/h1,6-8,10,16H,3-5,9,11H2,(H,17,18). The van der Waals surface area contributed by atoms with E-state index in [4.69, 9.17) is 6.42 Å². The van der Waals surface area contributed by atoms with E-state index in [1.165, 1.54) is 0 Å². The summed E-state index contributed by atoms with van der Waals surface area (Å²) in [7, 11) is 0. The van der Waals surface area contributed by atoms with E-state index in [2.05, 4.69) is 32.5 Å². The Labute approximate surface area is 116 Å². The van der Waals surface area contributed by atoms with Gasteiger partial charge in [-0.1, -0.05) is 22.0 Å². The van der Waals surface area contributed by atoms with Crippen LogP contribution in [0.3, 0.4) is 0 Å². The van der Waals surface area contributed by atoms with E-state index in [1.54, 1.807) is 0 Å². The molecule has 0 aliphatic heterocycles. The van der Waals surface area contributed by atoms with Crippen LogP contribution >= 0.6 is 15.9 Å². The zero-order valence-corrected chi connectivity index (χ0v) is 11.8. The van der Waals surface area contributed by atoms with E-state index >= 15 is 0 Å². The van der Waals surface area contributed by atoms with Gasteiger partial charge >= 0.3 is 0 Å². The third kappa shape index (κ3) is 6.43. The molecule has 0 aliphatic rings. The number of carbonyl (C=O) groups is 1. The minimum Gasteiger partial charge on any atom is -0.325 e. The summed E-state index contributed by atoms with van der Waals surface area (Å²) >= 11 is 3.36. The van der Waals surface area contributed by atoms with Gasteiger partial charge in [0.05, 0.1) is 6.54 Å². The van der Waals surface area contributed by atoms with Crippen molar-refractivity contribution in [1.82, 2.24) is 5.32 Å². The van der Waals surface area contributed by atoms with Crippen LogP contribution < -0.4 is 10.6 Å². The van der Waals surface area contributed by atoms with Gasteiger partial charge in [-0.2, -0.15) is 0 Å². The van der Waals surface area contributed by atoms with Gasteiger partial charge in [-0.05, 0) is 37.6 Å². The van der Waals surface area contributed by atoms with Crippen LogP contribution in [0.1, 0.15) is 19.3 Å². The summed E-state index contributed by atoms with van der Waals surface area (Å²) in [6, 6.07) is 7.52. The molecule has 0 heterocycles. The van der Waals surface area contributed by atoms with Gasteiger partial charge in [0.25, 0.3) is 0 Å². The topological polar surface area (TPSA) is 41.1 Å². The van der Waals surface area contributed by atoms with Gasteiger partial charge in [-0.15, -0.1) is 12.3 Å². The lowest BCUT2D eigenvalue weighted by molar-refractivity contribution is -0.115. The van der Waals surface area contributed by atoms with Gasteiger partial charge in [-0.3, -0.25) is 4.79 Å². The zero-order chi connectivity index (χ0) is 13.2. The minimum atomic E-state index is -0.0370. The van der Waals surface area contributed by atoms with E-state index in [0.29, 0.717) is 6.54 Å². The first-order chi connectivity index (χ1) is 8.72. The van der Waals surface area contributed by atoms with Gasteiger partial charge in [0, 0.05) is 16.6 Å². The monoisotopic (exact) mass is 308 g/mol. The first-order valence-corrected chi connectivity index (χ1v) is 6.71.